The van der Waals surface area contributed by atoms with Crippen LogP contribution in [0.4, 0.5) is 6.01 Å². The zero-order valence-electron chi connectivity index (χ0n) is 12.7. The summed E-state index contributed by atoms with van der Waals surface area (Å²) in [5.41, 5.74) is 3.02. The van der Waals surface area contributed by atoms with Crippen LogP contribution in [0.2, 0.25) is 5.02 Å². The molecule has 0 saturated heterocycles. The minimum atomic E-state index is 0.194. The van der Waals surface area contributed by atoms with Gasteiger partial charge in [0, 0.05) is 16.1 Å². The molecule has 0 radical (unpaired) electrons. The fourth-order valence-electron chi connectivity index (χ4n) is 2.39. The highest BCUT2D eigenvalue weighted by atomic mass is 35.5. The van der Waals surface area contributed by atoms with Crippen molar-refractivity contribution in [3.63, 3.8) is 0 Å². The van der Waals surface area contributed by atoms with Crippen molar-refractivity contribution in [2.45, 2.75) is 0 Å². The van der Waals surface area contributed by atoms with Crippen LogP contribution in [0.5, 0.6) is 0 Å². The van der Waals surface area contributed by atoms with E-state index in [0.717, 1.165) is 21.7 Å². The molecule has 124 valence electrons. The van der Waals surface area contributed by atoms with Gasteiger partial charge in [-0.15, -0.1) is 16.4 Å². The predicted octanol–water partition coefficient (Wildman–Crippen LogP) is 5.14. The largest absolute Gasteiger partial charge is 0.394 e. The molecule has 0 unspecified atom stereocenters. The lowest BCUT2D eigenvalue weighted by Gasteiger charge is -2.09. The van der Waals surface area contributed by atoms with Gasteiger partial charge in [0.2, 0.25) is 0 Å². The van der Waals surface area contributed by atoms with Gasteiger partial charge in [-0.25, -0.2) is 5.10 Å². The van der Waals surface area contributed by atoms with Crippen molar-refractivity contribution in [3.05, 3.63) is 74.6 Å². The Morgan fingerprint density at radius 1 is 1.12 bits per heavy atom. The van der Waals surface area contributed by atoms with E-state index in [0.29, 0.717) is 5.02 Å². The van der Waals surface area contributed by atoms with Crippen LogP contribution in [0, 0.1) is 4.84 Å². The Bertz CT molecular complexity index is 1120. The van der Waals surface area contributed by atoms with Gasteiger partial charge in [0.05, 0.1) is 5.69 Å². The molecule has 25 heavy (non-hydrogen) atoms. The average molecular weight is 387 g/mol. The fraction of sp³-hybridized carbons (Fsp3) is 0. The van der Waals surface area contributed by atoms with Crippen molar-refractivity contribution in [2.24, 2.45) is 4.99 Å². The van der Waals surface area contributed by atoms with Crippen LogP contribution >= 0.6 is 35.2 Å². The number of para-hydroxylation sites is 1. The lowest BCUT2D eigenvalue weighted by Crippen LogP contribution is -2.13. The normalized spacial score (nSPS) is 11.8. The minimum absolute atomic E-state index is 0.194. The van der Waals surface area contributed by atoms with Gasteiger partial charge in [0.1, 0.15) is 0 Å². The second kappa shape index (κ2) is 6.79. The Morgan fingerprint density at radius 2 is 1.88 bits per heavy atom. The maximum Gasteiger partial charge on any atom is 0.344 e. The van der Waals surface area contributed by atoms with E-state index >= 15 is 0 Å². The maximum atomic E-state index is 6.01. The van der Waals surface area contributed by atoms with Gasteiger partial charge < -0.3 is 4.42 Å². The van der Waals surface area contributed by atoms with Crippen LogP contribution in [0.1, 0.15) is 0 Å². The molecule has 0 amide bonds. The molecule has 8 heteroatoms. The molecule has 0 fully saturated rings. The summed E-state index contributed by atoms with van der Waals surface area (Å²) in [5.74, 6) is 0. The molecule has 1 N–H and O–H groups in total. The Labute approximate surface area is 156 Å². The topological polar surface area (TPSA) is 59.1 Å². The summed E-state index contributed by atoms with van der Waals surface area (Å²) in [6, 6.07) is 17.9. The molecule has 5 nitrogen and oxygen atoms in total. The highest BCUT2D eigenvalue weighted by Crippen LogP contribution is 2.25. The van der Waals surface area contributed by atoms with E-state index in [4.69, 9.17) is 28.2 Å². The van der Waals surface area contributed by atoms with Crippen LogP contribution < -0.4 is 4.80 Å². The highest BCUT2D eigenvalue weighted by Gasteiger charge is 2.11. The number of nitrogens with one attached hydrogen (secondary N) is 1. The Hall–Kier alpha value is -2.48. The first kappa shape index (κ1) is 16.0. The number of nitrogens with zero attached hydrogens (tertiary/aromatic N) is 3. The van der Waals surface area contributed by atoms with Crippen molar-refractivity contribution in [1.29, 1.82) is 0 Å². The van der Waals surface area contributed by atoms with Crippen LogP contribution in [0.15, 0.2) is 69.4 Å². The van der Waals surface area contributed by atoms with Gasteiger partial charge >= 0.3 is 6.01 Å². The predicted molar refractivity (Wildman–Crippen MR) is 101 cm³/mol. The first-order chi connectivity index (χ1) is 12.2. The maximum absolute atomic E-state index is 6.01. The smallest absolute Gasteiger partial charge is 0.344 e. The molecule has 0 aliphatic carbocycles. The molecule has 0 aliphatic rings. The average Bonchev–Trinajstić information content (AvgIpc) is 3.23. The molecule has 0 spiro atoms. The van der Waals surface area contributed by atoms with E-state index in [-0.39, 0.29) is 10.9 Å². The second-order valence-corrected chi connectivity index (χ2v) is 6.73. The third-order valence-electron chi connectivity index (χ3n) is 3.48. The van der Waals surface area contributed by atoms with E-state index in [1.807, 2.05) is 64.5 Å². The number of hydrogen-bond donors (Lipinski definition) is 1. The lowest BCUT2D eigenvalue weighted by atomic mass is 10.1. The molecular weight excluding hydrogens is 376 g/mol. The van der Waals surface area contributed by atoms with E-state index < -0.39 is 0 Å². The molecule has 2 aromatic heterocycles. The second-order valence-electron chi connectivity index (χ2n) is 5.09. The Morgan fingerprint density at radius 3 is 2.56 bits per heavy atom. The summed E-state index contributed by atoms with van der Waals surface area (Å²) in [5, 5.41) is 9.27. The first-order valence-electron chi connectivity index (χ1n) is 7.33. The van der Waals surface area contributed by atoms with Crippen LogP contribution in [0.25, 0.3) is 16.9 Å². The number of benzene rings is 2. The molecule has 2 heterocycles. The lowest BCUT2D eigenvalue weighted by molar-refractivity contribution is 0.545. The number of halogens is 1. The zero-order chi connectivity index (χ0) is 17.2. The number of thiazole rings is 1. The van der Waals surface area contributed by atoms with Crippen molar-refractivity contribution in [2.75, 3.05) is 0 Å². The van der Waals surface area contributed by atoms with Crippen LogP contribution in [-0.4, -0.2) is 14.8 Å². The molecule has 2 aromatic carbocycles. The van der Waals surface area contributed by atoms with Crippen molar-refractivity contribution in [3.8, 4) is 16.9 Å². The molecule has 0 bridgehead atoms. The SMILES string of the molecule is S=c1[nH]nc(/N=c2\scc(-c3ccc(Cl)cc3)n2-c2ccccc2)o1. The molecule has 4 rings (SSSR count). The summed E-state index contributed by atoms with van der Waals surface area (Å²) in [4.78, 5) is 5.40. The summed E-state index contributed by atoms with van der Waals surface area (Å²) in [7, 11) is 0. The molecule has 0 aliphatic heterocycles. The minimum Gasteiger partial charge on any atom is -0.394 e. The van der Waals surface area contributed by atoms with Gasteiger partial charge in [-0.2, -0.15) is 4.99 Å². The molecule has 0 saturated carbocycles. The fourth-order valence-corrected chi connectivity index (χ4v) is 3.53. The monoisotopic (exact) mass is 386 g/mol. The summed E-state index contributed by atoms with van der Waals surface area (Å²) in [6.45, 7) is 0. The Kier molecular flexibility index (Phi) is 4.35. The van der Waals surface area contributed by atoms with Crippen molar-refractivity contribution in [1.82, 2.24) is 14.8 Å². The Balaban J connectivity index is 1.95. The number of aromatic nitrogens is 3. The van der Waals surface area contributed by atoms with E-state index in [1.54, 1.807) is 0 Å². The first-order valence-corrected chi connectivity index (χ1v) is 8.99. The van der Waals surface area contributed by atoms with Crippen molar-refractivity contribution < 1.29 is 4.42 Å². The van der Waals surface area contributed by atoms with Gasteiger partial charge in [0.15, 0.2) is 4.80 Å². The van der Waals surface area contributed by atoms with Gasteiger partial charge in [-0.05, 0) is 42.0 Å². The third kappa shape index (κ3) is 3.34. The van der Waals surface area contributed by atoms with Gasteiger partial charge in [-0.3, -0.25) is 4.57 Å². The number of hydrogen-bond acceptors (Lipinski definition) is 5. The van der Waals surface area contributed by atoms with Gasteiger partial charge in [-0.1, -0.05) is 41.9 Å². The number of H-pyrrole nitrogens is 1. The molecular formula is C17H11ClN4OS2. The van der Waals surface area contributed by atoms with E-state index in [1.165, 1.54) is 11.3 Å². The van der Waals surface area contributed by atoms with Gasteiger partial charge in [0.25, 0.3) is 4.84 Å². The number of rotatable bonds is 3. The summed E-state index contributed by atoms with van der Waals surface area (Å²) >= 11 is 12.4. The van der Waals surface area contributed by atoms with Crippen LogP contribution in [-0.2, 0) is 0 Å². The number of aromatic amines is 1. The zero-order valence-corrected chi connectivity index (χ0v) is 15.1. The van der Waals surface area contributed by atoms with E-state index in [9.17, 15) is 0 Å². The van der Waals surface area contributed by atoms with Crippen molar-refractivity contribution >= 4 is 41.2 Å². The standard InChI is InChI=1S/C17H11ClN4OS2/c18-12-8-6-11(7-9-12)14-10-25-16(19-15-20-21-17(24)23-15)22(14)13-4-2-1-3-5-13/h1-10H,(H,21,24)/b19-16-. The molecule has 0 atom stereocenters. The van der Waals surface area contributed by atoms with E-state index in [2.05, 4.69) is 15.2 Å². The quantitative estimate of drug-likeness (QED) is 0.496. The summed E-state index contributed by atoms with van der Waals surface area (Å²) in [6.07, 6.45) is 0. The highest BCUT2D eigenvalue weighted by molar-refractivity contribution is 7.71. The molecule has 4 aromatic rings. The van der Waals surface area contributed by atoms with Crippen LogP contribution in [0.3, 0.4) is 0 Å². The third-order valence-corrected chi connectivity index (χ3v) is 4.73. The summed E-state index contributed by atoms with van der Waals surface area (Å²) < 4.78 is 7.31.